The van der Waals surface area contributed by atoms with Crippen LogP contribution in [0.15, 0.2) is 18.2 Å². The molecule has 1 aromatic rings. The number of likely N-dealkylation sites (N-methyl/N-ethyl adjacent to an activating group) is 1. The molecule has 1 aromatic carbocycles. The Morgan fingerprint density at radius 3 is 2.60 bits per heavy atom. The second-order valence-electron chi connectivity index (χ2n) is 5.96. The zero-order chi connectivity index (χ0) is 14.8. The first-order valence-corrected chi connectivity index (χ1v) is 7.20. The normalized spacial score (nSPS) is 17.4. The van der Waals surface area contributed by atoms with Crippen LogP contribution in [-0.2, 0) is 0 Å². The number of carbonyl (C=O) groups excluding carboxylic acids is 1. The number of phenolic OH excluding ortho intramolecular Hbond substituents is 1. The van der Waals surface area contributed by atoms with Crippen molar-refractivity contribution < 1.29 is 9.90 Å². The fourth-order valence-electron chi connectivity index (χ4n) is 3.02. The van der Waals surface area contributed by atoms with Gasteiger partial charge in [-0.25, -0.2) is 0 Å². The molecule has 0 aliphatic heterocycles. The van der Waals surface area contributed by atoms with Crippen LogP contribution in [0, 0.1) is 6.92 Å². The second-order valence-corrected chi connectivity index (χ2v) is 5.96. The van der Waals surface area contributed by atoms with Gasteiger partial charge in [0.15, 0.2) is 0 Å². The van der Waals surface area contributed by atoms with Gasteiger partial charge >= 0.3 is 0 Å². The molecule has 0 bridgehead atoms. The topological polar surface area (TPSA) is 52.6 Å². The first-order valence-electron chi connectivity index (χ1n) is 7.20. The zero-order valence-corrected chi connectivity index (χ0v) is 12.6. The number of amides is 1. The van der Waals surface area contributed by atoms with Gasteiger partial charge in [0.1, 0.15) is 5.75 Å². The van der Waals surface area contributed by atoms with Crippen LogP contribution in [0.5, 0.6) is 5.75 Å². The van der Waals surface area contributed by atoms with Crippen molar-refractivity contribution in [3.05, 3.63) is 29.3 Å². The summed E-state index contributed by atoms with van der Waals surface area (Å²) >= 11 is 0. The van der Waals surface area contributed by atoms with Gasteiger partial charge in [-0.1, -0.05) is 18.9 Å². The van der Waals surface area contributed by atoms with E-state index in [2.05, 4.69) is 24.3 Å². The number of hydrogen-bond donors (Lipinski definition) is 2. The Hall–Kier alpha value is -1.55. The highest BCUT2D eigenvalue weighted by molar-refractivity contribution is 5.96. The lowest BCUT2D eigenvalue weighted by atomic mass is 9.95. The lowest BCUT2D eigenvalue weighted by molar-refractivity contribution is 0.0899. The third-order valence-electron chi connectivity index (χ3n) is 4.61. The van der Waals surface area contributed by atoms with E-state index in [9.17, 15) is 9.90 Å². The largest absolute Gasteiger partial charge is 0.508 e. The van der Waals surface area contributed by atoms with E-state index < -0.39 is 0 Å². The standard InChI is InChI=1S/C16H24N2O2/c1-12-13(7-6-8-14(12)19)15(20)17-11-16(18(2)3)9-4-5-10-16/h6-8,19H,4-5,9-11H2,1-3H3,(H,17,20). The molecule has 0 atom stereocenters. The molecule has 2 N–H and O–H groups in total. The molecular weight excluding hydrogens is 252 g/mol. The highest BCUT2D eigenvalue weighted by Gasteiger charge is 2.36. The summed E-state index contributed by atoms with van der Waals surface area (Å²) in [6.07, 6.45) is 4.69. The lowest BCUT2D eigenvalue weighted by Crippen LogP contribution is -2.50. The highest BCUT2D eigenvalue weighted by atomic mass is 16.3. The Bertz CT molecular complexity index is 491. The minimum atomic E-state index is -0.105. The summed E-state index contributed by atoms with van der Waals surface area (Å²) in [5.41, 5.74) is 1.27. The molecule has 4 nitrogen and oxygen atoms in total. The molecule has 2 rings (SSSR count). The van der Waals surface area contributed by atoms with E-state index in [1.165, 1.54) is 12.8 Å². The summed E-state index contributed by atoms with van der Waals surface area (Å²) in [6, 6.07) is 5.06. The molecule has 1 amide bonds. The fourth-order valence-corrected chi connectivity index (χ4v) is 3.02. The van der Waals surface area contributed by atoms with Crippen molar-refractivity contribution >= 4 is 5.91 Å². The summed E-state index contributed by atoms with van der Waals surface area (Å²) in [5, 5.41) is 12.7. The maximum atomic E-state index is 12.3. The van der Waals surface area contributed by atoms with Crippen LogP contribution in [0.1, 0.15) is 41.6 Å². The summed E-state index contributed by atoms with van der Waals surface area (Å²) in [6.45, 7) is 2.43. The summed E-state index contributed by atoms with van der Waals surface area (Å²) < 4.78 is 0. The van der Waals surface area contributed by atoms with E-state index >= 15 is 0 Å². The van der Waals surface area contributed by atoms with Crippen LogP contribution in [-0.4, -0.2) is 42.1 Å². The smallest absolute Gasteiger partial charge is 0.251 e. The predicted octanol–water partition coefficient (Wildman–Crippen LogP) is 2.30. The Balaban J connectivity index is 2.07. The van der Waals surface area contributed by atoms with Crippen LogP contribution in [0.25, 0.3) is 0 Å². The third kappa shape index (κ3) is 2.80. The molecule has 0 radical (unpaired) electrons. The van der Waals surface area contributed by atoms with Gasteiger partial charge in [-0.2, -0.15) is 0 Å². The quantitative estimate of drug-likeness (QED) is 0.887. The molecule has 1 aliphatic rings. The van der Waals surface area contributed by atoms with Crippen molar-refractivity contribution in [3.8, 4) is 5.75 Å². The minimum Gasteiger partial charge on any atom is -0.508 e. The number of nitrogens with one attached hydrogen (secondary N) is 1. The average Bonchev–Trinajstić information content (AvgIpc) is 2.89. The third-order valence-corrected chi connectivity index (χ3v) is 4.61. The maximum absolute atomic E-state index is 12.3. The second kappa shape index (κ2) is 5.83. The van der Waals surface area contributed by atoms with Crippen molar-refractivity contribution in [3.63, 3.8) is 0 Å². The van der Waals surface area contributed by atoms with Gasteiger partial charge < -0.3 is 15.3 Å². The Kier molecular flexibility index (Phi) is 4.33. The number of hydrogen-bond acceptors (Lipinski definition) is 3. The van der Waals surface area contributed by atoms with Crippen molar-refractivity contribution in [2.24, 2.45) is 0 Å². The lowest BCUT2D eigenvalue weighted by Gasteiger charge is -2.36. The first kappa shape index (κ1) is 14.9. The molecule has 110 valence electrons. The van der Waals surface area contributed by atoms with Crippen LogP contribution < -0.4 is 5.32 Å². The van der Waals surface area contributed by atoms with E-state index in [1.807, 2.05) is 0 Å². The minimum absolute atomic E-state index is 0.0837. The van der Waals surface area contributed by atoms with Crippen molar-refractivity contribution in [2.75, 3.05) is 20.6 Å². The monoisotopic (exact) mass is 276 g/mol. The molecule has 0 unspecified atom stereocenters. The maximum Gasteiger partial charge on any atom is 0.251 e. The van der Waals surface area contributed by atoms with Gasteiger partial charge in [0, 0.05) is 23.2 Å². The predicted molar refractivity (Wildman–Crippen MR) is 80.1 cm³/mol. The van der Waals surface area contributed by atoms with Gasteiger partial charge in [0.2, 0.25) is 0 Å². The van der Waals surface area contributed by atoms with Crippen LogP contribution in [0.3, 0.4) is 0 Å². The van der Waals surface area contributed by atoms with Crippen LogP contribution in [0.4, 0.5) is 0 Å². The Morgan fingerprint density at radius 2 is 2.00 bits per heavy atom. The van der Waals surface area contributed by atoms with Crippen molar-refractivity contribution in [1.82, 2.24) is 10.2 Å². The Labute approximate surface area is 120 Å². The van der Waals surface area contributed by atoms with E-state index in [4.69, 9.17) is 0 Å². The summed E-state index contributed by atoms with van der Waals surface area (Å²) in [7, 11) is 4.16. The highest BCUT2D eigenvalue weighted by Crippen LogP contribution is 2.33. The van der Waals surface area contributed by atoms with Gasteiger partial charge in [-0.05, 0) is 46.0 Å². The van der Waals surface area contributed by atoms with Crippen LogP contribution >= 0.6 is 0 Å². The molecule has 0 heterocycles. The molecule has 0 spiro atoms. The number of nitrogens with zero attached hydrogens (tertiary/aromatic N) is 1. The number of carbonyl (C=O) groups is 1. The molecule has 20 heavy (non-hydrogen) atoms. The number of aromatic hydroxyl groups is 1. The molecule has 4 heteroatoms. The summed E-state index contributed by atoms with van der Waals surface area (Å²) in [5.74, 6) is 0.0624. The fraction of sp³-hybridized carbons (Fsp3) is 0.562. The molecule has 0 saturated heterocycles. The van der Waals surface area contributed by atoms with Gasteiger partial charge in [0.05, 0.1) is 0 Å². The van der Waals surface area contributed by atoms with Crippen LogP contribution in [0.2, 0.25) is 0 Å². The number of rotatable bonds is 4. The molecule has 1 fully saturated rings. The number of phenols is 1. The van der Waals surface area contributed by atoms with E-state index in [0.717, 1.165) is 12.8 Å². The summed E-state index contributed by atoms with van der Waals surface area (Å²) in [4.78, 5) is 14.5. The van der Waals surface area contributed by atoms with Crippen molar-refractivity contribution in [2.45, 2.75) is 38.1 Å². The molecule has 1 aliphatic carbocycles. The Morgan fingerprint density at radius 1 is 1.35 bits per heavy atom. The van der Waals surface area contributed by atoms with Gasteiger partial charge in [-0.3, -0.25) is 4.79 Å². The number of benzene rings is 1. The van der Waals surface area contributed by atoms with Gasteiger partial charge in [0.25, 0.3) is 5.91 Å². The molecular formula is C16H24N2O2. The molecule has 1 saturated carbocycles. The van der Waals surface area contributed by atoms with Crippen molar-refractivity contribution in [1.29, 1.82) is 0 Å². The van der Waals surface area contributed by atoms with E-state index in [1.54, 1.807) is 25.1 Å². The SMILES string of the molecule is Cc1c(O)cccc1C(=O)NCC1(N(C)C)CCCC1. The average molecular weight is 276 g/mol. The van der Waals surface area contributed by atoms with E-state index in [-0.39, 0.29) is 17.2 Å². The molecule has 0 aromatic heterocycles. The van der Waals surface area contributed by atoms with E-state index in [0.29, 0.717) is 17.7 Å². The zero-order valence-electron chi connectivity index (χ0n) is 12.6. The van der Waals surface area contributed by atoms with Gasteiger partial charge in [-0.15, -0.1) is 0 Å². The first-order chi connectivity index (χ1) is 9.46.